The van der Waals surface area contributed by atoms with Crippen molar-refractivity contribution in [3.8, 4) is 0 Å². The lowest BCUT2D eigenvalue weighted by molar-refractivity contribution is -0.142. The number of rotatable bonds is 7. The third-order valence-electron chi connectivity index (χ3n) is 3.71. The minimum absolute atomic E-state index is 0.00698. The third-order valence-corrected chi connectivity index (χ3v) is 4.08. The zero-order valence-corrected chi connectivity index (χ0v) is 17.7. The SMILES string of the molecule is COC(=O)[C@H](Cc1ccccc1)NC(=S)[C@@H](NC(=O)OC(C)(C)C)C(C)C. The van der Waals surface area contributed by atoms with E-state index in [-0.39, 0.29) is 5.92 Å². The van der Waals surface area contributed by atoms with Gasteiger partial charge in [-0.1, -0.05) is 56.4 Å². The molecule has 1 aromatic rings. The van der Waals surface area contributed by atoms with Gasteiger partial charge in [0.05, 0.1) is 18.1 Å². The highest BCUT2D eigenvalue weighted by atomic mass is 32.1. The predicted molar refractivity (Wildman–Crippen MR) is 110 cm³/mol. The summed E-state index contributed by atoms with van der Waals surface area (Å²) in [4.78, 5) is 24.7. The number of ether oxygens (including phenoxy) is 2. The van der Waals surface area contributed by atoms with E-state index in [4.69, 9.17) is 21.7 Å². The molecule has 0 saturated carbocycles. The molecule has 0 heterocycles. The highest BCUT2D eigenvalue weighted by Gasteiger charge is 2.28. The summed E-state index contributed by atoms with van der Waals surface area (Å²) in [6.07, 6.45) is -0.131. The van der Waals surface area contributed by atoms with Crippen LogP contribution in [0.4, 0.5) is 4.79 Å². The molecule has 6 nitrogen and oxygen atoms in total. The quantitative estimate of drug-likeness (QED) is 0.546. The zero-order chi connectivity index (χ0) is 20.6. The molecule has 0 aromatic heterocycles. The molecule has 7 heteroatoms. The Balaban J connectivity index is 2.85. The number of methoxy groups -OCH3 is 1. The van der Waals surface area contributed by atoms with E-state index in [9.17, 15) is 9.59 Å². The second-order valence-corrected chi connectivity index (χ2v) is 8.08. The van der Waals surface area contributed by atoms with Crippen LogP contribution in [0.5, 0.6) is 0 Å². The van der Waals surface area contributed by atoms with E-state index in [0.29, 0.717) is 11.4 Å². The van der Waals surface area contributed by atoms with Gasteiger partial charge >= 0.3 is 12.1 Å². The van der Waals surface area contributed by atoms with Gasteiger partial charge in [-0.25, -0.2) is 9.59 Å². The number of esters is 1. The molecule has 1 aromatic carbocycles. The molecule has 1 amide bonds. The van der Waals surface area contributed by atoms with Crippen LogP contribution in [-0.4, -0.2) is 41.8 Å². The van der Waals surface area contributed by atoms with Gasteiger partial charge in [-0.05, 0) is 32.3 Å². The largest absolute Gasteiger partial charge is 0.467 e. The van der Waals surface area contributed by atoms with Crippen molar-refractivity contribution in [2.45, 2.75) is 58.7 Å². The van der Waals surface area contributed by atoms with Crippen molar-refractivity contribution in [2.75, 3.05) is 7.11 Å². The first-order valence-electron chi connectivity index (χ1n) is 8.95. The molecule has 2 N–H and O–H groups in total. The summed E-state index contributed by atoms with van der Waals surface area (Å²) in [5, 5.41) is 5.83. The van der Waals surface area contributed by atoms with Gasteiger partial charge in [0.1, 0.15) is 11.6 Å². The molecule has 27 heavy (non-hydrogen) atoms. The first-order valence-corrected chi connectivity index (χ1v) is 9.36. The maximum absolute atomic E-state index is 12.2. The van der Waals surface area contributed by atoms with Crippen LogP contribution >= 0.6 is 12.2 Å². The molecule has 2 atom stereocenters. The maximum Gasteiger partial charge on any atom is 0.408 e. The van der Waals surface area contributed by atoms with E-state index in [1.807, 2.05) is 44.2 Å². The summed E-state index contributed by atoms with van der Waals surface area (Å²) in [5.74, 6) is -0.409. The smallest absolute Gasteiger partial charge is 0.408 e. The third kappa shape index (κ3) is 8.39. The van der Waals surface area contributed by atoms with Crippen molar-refractivity contribution in [1.29, 1.82) is 0 Å². The molecule has 0 aliphatic carbocycles. The highest BCUT2D eigenvalue weighted by Crippen LogP contribution is 2.11. The molecule has 0 aliphatic heterocycles. The van der Waals surface area contributed by atoms with Gasteiger partial charge in [0.25, 0.3) is 0 Å². The first-order chi connectivity index (χ1) is 12.5. The standard InChI is InChI=1S/C20H30N2O4S/c1-13(2)16(22-19(24)26-20(3,4)5)17(27)21-15(18(23)25-6)12-14-10-8-7-9-11-14/h7-11,13,15-16H,12H2,1-6H3,(H,21,27)(H,22,24)/t15-,16-/m0/s1. The molecular weight excluding hydrogens is 364 g/mol. The Kier molecular flexibility index (Phi) is 8.69. The summed E-state index contributed by atoms with van der Waals surface area (Å²) in [5.41, 5.74) is 0.368. The lowest BCUT2D eigenvalue weighted by Crippen LogP contribution is -2.54. The Labute approximate surface area is 167 Å². The Morgan fingerprint density at radius 1 is 1.11 bits per heavy atom. The van der Waals surface area contributed by atoms with Crippen LogP contribution in [0.3, 0.4) is 0 Å². The average Bonchev–Trinajstić information content (AvgIpc) is 2.57. The highest BCUT2D eigenvalue weighted by molar-refractivity contribution is 7.80. The van der Waals surface area contributed by atoms with Gasteiger partial charge in [-0.3, -0.25) is 0 Å². The van der Waals surface area contributed by atoms with Crippen molar-refractivity contribution in [1.82, 2.24) is 10.6 Å². The molecule has 0 bridgehead atoms. The van der Waals surface area contributed by atoms with E-state index in [1.54, 1.807) is 20.8 Å². The number of benzene rings is 1. The number of hydrogen-bond acceptors (Lipinski definition) is 5. The molecule has 1 rings (SSSR count). The fourth-order valence-electron chi connectivity index (χ4n) is 2.42. The number of carbonyl (C=O) groups is 2. The summed E-state index contributed by atoms with van der Waals surface area (Å²) in [6.45, 7) is 9.24. The van der Waals surface area contributed by atoms with Crippen LogP contribution in [0, 0.1) is 5.92 Å². The second kappa shape index (κ2) is 10.3. The maximum atomic E-state index is 12.2. The molecule has 0 saturated heterocycles. The van der Waals surface area contributed by atoms with Gasteiger partial charge in [0.15, 0.2) is 0 Å². The van der Waals surface area contributed by atoms with Crippen LogP contribution in [-0.2, 0) is 20.7 Å². The Morgan fingerprint density at radius 2 is 1.70 bits per heavy atom. The van der Waals surface area contributed by atoms with E-state index in [0.717, 1.165) is 5.56 Å². The number of hydrogen-bond donors (Lipinski definition) is 2. The minimum atomic E-state index is -0.647. The molecule has 0 aliphatic rings. The number of alkyl carbamates (subject to hydrolysis) is 1. The van der Waals surface area contributed by atoms with Crippen molar-refractivity contribution in [2.24, 2.45) is 5.92 Å². The summed E-state index contributed by atoms with van der Waals surface area (Å²) >= 11 is 5.48. The van der Waals surface area contributed by atoms with Crippen LogP contribution in [0.25, 0.3) is 0 Å². The second-order valence-electron chi connectivity index (χ2n) is 7.64. The summed E-state index contributed by atoms with van der Waals surface area (Å²) in [6, 6.07) is 8.46. The molecule has 0 fully saturated rings. The molecular formula is C20H30N2O4S. The predicted octanol–water partition coefficient (Wildman–Crippen LogP) is 3.24. The van der Waals surface area contributed by atoms with E-state index in [1.165, 1.54) is 7.11 Å². The molecule has 150 valence electrons. The first kappa shape index (κ1) is 22.9. The van der Waals surface area contributed by atoms with E-state index < -0.39 is 29.7 Å². The van der Waals surface area contributed by atoms with Crippen molar-refractivity contribution >= 4 is 29.3 Å². The Morgan fingerprint density at radius 3 is 2.19 bits per heavy atom. The fraction of sp³-hybridized carbons (Fsp3) is 0.550. The van der Waals surface area contributed by atoms with Gasteiger partial charge < -0.3 is 20.1 Å². The van der Waals surface area contributed by atoms with Gasteiger partial charge in [-0.2, -0.15) is 0 Å². The van der Waals surface area contributed by atoms with Crippen molar-refractivity contribution < 1.29 is 19.1 Å². The van der Waals surface area contributed by atoms with Crippen LogP contribution in [0.15, 0.2) is 30.3 Å². The van der Waals surface area contributed by atoms with E-state index >= 15 is 0 Å². The summed E-state index contributed by atoms with van der Waals surface area (Å²) < 4.78 is 10.2. The fourth-order valence-corrected chi connectivity index (χ4v) is 2.89. The minimum Gasteiger partial charge on any atom is -0.467 e. The molecule has 0 spiro atoms. The monoisotopic (exact) mass is 394 g/mol. The molecule has 0 radical (unpaired) electrons. The lowest BCUT2D eigenvalue weighted by atomic mass is 10.0. The zero-order valence-electron chi connectivity index (χ0n) is 16.9. The van der Waals surface area contributed by atoms with Crippen molar-refractivity contribution in [3.63, 3.8) is 0 Å². The van der Waals surface area contributed by atoms with Crippen LogP contribution in [0.2, 0.25) is 0 Å². The molecule has 0 unspecified atom stereocenters. The average molecular weight is 395 g/mol. The Bertz CT molecular complexity index is 641. The Hall–Kier alpha value is -2.15. The normalized spacial score (nSPS) is 13.4. The number of thiocarbonyl (C=S) groups is 1. The van der Waals surface area contributed by atoms with Crippen LogP contribution < -0.4 is 10.6 Å². The topological polar surface area (TPSA) is 76.7 Å². The van der Waals surface area contributed by atoms with E-state index in [2.05, 4.69) is 10.6 Å². The van der Waals surface area contributed by atoms with Crippen LogP contribution in [0.1, 0.15) is 40.2 Å². The number of nitrogens with one attached hydrogen (secondary N) is 2. The summed E-state index contributed by atoms with van der Waals surface area (Å²) in [7, 11) is 1.34. The van der Waals surface area contributed by atoms with Gasteiger partial charge in [-0.15, -0.1) is 0 Å². The lowest BCUT2D eigenvalue weighted by Gasteiger charge is -2.28. The number of amides is 1. The van der Waals surface area contributed by atoms with Gasteiger partial charge in [0, 0.05) is 6.42 Å². The number of carbonyl (C=O) groups excluding carboxylic acids is 2. The van der Waals surface area contributed by atoms with Crippen molar-refractivity contribution in [3.05, 3.63) is 35.9 Å². The van der Waals surface area contributed by atoms with Gasteiger partial charge in [0.2, 0.25) is 0 Å².